The molecule has 0 saturated carbocycles. The average molecular weight is 388 g/mol. The van der Waals surface area contributed by atoms with E-state index in [2.05, 4.69) is 11.4 Å². The first kappa shape index (κ1) is 19.2. The van der Waals surface area contributed by atoms with Crippen molar-refractivity contribution < 1.29 is 19.1 Å². The number of methoxy groups -OCH3 is 2. The van der Waals surface area contributed by atoms with Gasteiger partial charge in [0, 0.05) is 11.4 Å². The number of hydrogen-bond donors (Lipinski definition) is 1. The topological polar surface area (TPSA) is 67.9 Å². The minimum Gasteiger partial charge on any atom is -0.495 e. The Hall–Kier alpha value is -2.54. The van der Waals surface area contributed by atoms with Gasteiger partial charge in [0.1, 0.15) is 10.8 Å². The normalized spacial score (nSPS) is 13.1. The quantitative estimate of drug-likeness (QED) is 0.794. The number of thiophene rings is 1. The Kier molecular flexibility index (Phi) is 5.70. The van der Waals surface area contributed by atoms with E-state index in [-0.39, 0.29) is 12.5 Å². The predicted octanol–water partition coefficient (Wildman–Crippen LogP) is 3.55. The van der Waals surface area contributed by atoms with E-state index in [1.165, 1.54) is 24.0 Å². The molecule has 0 bridgehead atoms. The monoisotopic (exact) mass is 388 g/mol. The van der Waals surface area contributed by atoms with Gasteiger partial charge >= 0.3 is 5.97 Å². The van der Waals surface area contributed by atoms with Crippen LogP contribution in [0.2, 0.25) is 0 Å². The highest BCUT2D eigenvalue weighted by atomic mass is 32.1. The van der Waals surface area contributed by atoms with Crippen LogP contribution in [0.25, 0.3) is 0 Å². The Morgan fingerprint density at radius 1 is 1.26 bits per heavy atom. The van der Waals surface area contributed by atoms with Crippen molar-refractivity contribution in [1.29, 1.82) is 0 Å². The Bertz CT molecular complexity index is 861. The van der Waals surface area contributed by atoms with Crippen molar-refractivity contribution in [3.05, 3.63) is 39.8 Å². The fourth-order valence-corrected chi connectivity index (χ4v) is 4.49. The Balaban J connectivity index is 1.81. The van der Waals surface area contributed by atoms with Gasteiger partial charge in [0.25, 0.3) is 0 Å². The van der Waals surface area contributed by atoms with Crippen LogP contribution in [0, 0.1) is 13.8 Å². The van der Waals surface area contributed by atoms with E-state index in [9.17, 15) is 9.59 Å². The first-order valence-corrected chi connectivity index (χ1v) is 9.66. The summed E-state index contributed by atoms with van der Waals surface area (Å²) < 4.78 is 10.4. The Morgan fingerprint density at radius 3 is 2.74 bits per heavy atom. The summed E-state index contributed by atoms with van der Waals surface area (Å²) in [5.74, 6) is 0.176. The lowest BCUT2D eigenvalue weighted by Crippen LogP contribution is -2.37. The molecule has 6 nitrogen and oxygen atoms in total. The van der Waals surface area contributed by atoms with Crippen molar-refractivity contribution in [3.8, 4) is 5.75 Å². The maximum atomic E-state index is 12.7. The highest BCUT2D eigenvalue weighted by molar-refractivity contribution is 7.16. The minimum atomic E-state index is -0.433. The first-order valence-electron chi connectivity index (χ1n) is 8.85. The molecule has 1 N–H and O–H groups in total. The number of benzene rings is 1. The number of amides is 1. The van der Waals surface area contributed by atoms with Crippen molar-refractivity contribution in [2.24, 2.45) is 0 Å². The summed E-state index contributed by atoms with van der Waals surface area (Å²) in [7, 11) is 2.99. The van der Waals surface area contributed by atoms with Crippen molar-refractivity contribution in [2.75, 3.05) is 37.5 Å². The van der Waals surface area contributed by atoms with Crippen LogP contribution in [0.1, 0.15) is 32.8 Å². The standard InChI is InChI=1S/C20H24N2O4S/c1-12-13(2)27-19(17(12)20(24)26-4)21-16(23)11-22-10-6-8-14-7-5-9-15(25-3)18(14)22/h5,7,9H,6,8,10-11H2,1-4H3,(H,21,23). The largest absolute Gasteiger partial charge is 0.495 e. The molecule has 0 unspecified atom stereocenters. The molecule has 27 heavy (non-hydrogen) atoms. The second kappa shape index (κ2) is 8.00. The van der Waals surface area contributed by atoms with Crippen LogP contribution in [0.3, 0.4) is 0 Å². The summed E-state index contributed by atoms with van der Waals surface area (Å²) in [5.41, 5.74) is 3.44. The molecular formula is C20H24N2O4S. The molecule has 0 radical (unpaired) electrons. The third-order valence-corrected chi connectivity index (χ3v) is 5.98. The van der Waals surface area contributed by atoms with E-state index >= 15 is 0 Å². The van der Waals surface area contributed by atoms with Gasteiger partial charge < -0.3 is 19.7 Å². The Morgan fingerprint density at radius 2 is 2.04 bits per heavy atom. The number of anilines is 2. The molecule has 2 aromatic rings. The second-order valence-corrected chi connectivity index (χ2v) is 7.74. The highest BCUT2D eigenvalue weighted by Gasteiger charge is 2.25. The van der Waals surface area contributed by atoms with Gasteiger partial charge in [-0.2, -0.15) is 0 Å². The van der Waals surface area contributed by atoms with Crippen LogP contribution in [0.4, 0.5) is 10.7 Å². The van der Waals surface area contributed by atoms with Gasteiger partial charge in [0.15, 0.2) is 0 Å². The van der Waals surface area contributed by atoms with Gasteiger partial charge in [-0.3, -0.25) is 4.79 Å². The van der Waals surface area contributed by atoms with Gasteiger partial charge in [-0.25, -0.2) is 4.79 Å². The molecule has 0 atom stereocenters. The molecule has 0 saturated heterocycles. The van der Waals surface area contributed by atoms with Crippen molar-refractivity contribution in [3.63, 3.8) is 0 Å². The van der Waals surface area contributed by atoms with Crippen LogP contribution in [-0.2, 0) is 16.0 Å². The second-order valence-electron chi connectivity index (χ2n) is 6.52. The van der Waals surface area contributed by atoms with Gasteiger partial charge in [-0.1, -0.05) is 12.1 Å². The van der Waals surface area contributed by atoms with Crippen molar-refractivity contribution in [1.82, 2.24) is 0 Å². The molecule has 0 spiro atoms. The smallest absolute Gasteiger partial charge is 0.341 e. The minimum absolute atomic E-state index is 0.167. The zero-order valence-corrected chi connectivity index (χ0v) is 16.9. The van der Waals surface area contributed by atoms with E-state index in [0.29, 0.717) is 10.6 Å². The average Bonchev–Trinajstić information content (AvgIpc) is 2.94. The van der Waals surface area contributed by atoms with E-state index in [1.54, 1.807) is 7.11 Å². The lowest BCUT2D eigenvalue weighted by Gasteiger charge is -2.32. The summed E-state index contributed by atoms with van der Waals surface area (Å²) in [6, 6.07) is 5.96. The number of carbonyl (C=O) groups is 2. The molecule has 2 heterocycles. The summed E-state index contributed by atoms with van der Waals surface area (Å²) in [6.07, 6.45) is 1.96. The van der Waals surface area contributed by atoms with Gasteiger partial charge in [-0.15, -0.1) is 11.3 Å². The van der Waals surface area contributed by atoms with Crippen molar-refractivity contribution in [2.45, 2.75) is 26.7 Å². The van der Waals surface area contributed by atoms with Crippen molar-refractivity contribution >= 4 is 33.9 Å². The highest BCUT2D eigenvalue weighted by Crippen LogP contribution is 2.36. The molecule has 1 amide bonds. The zero-order chi connectivity index (χ0) is 19.6. The number of nitrogens with zero attached hydrogens (tertiary/aromatic N) is 1. The number of esters is 1. The third-order valence-electron chi connectivity index (χ3n) is 4.86. The van der Waals surface area contributed by atoms with E-state index in [1.807, 2.05) is 30.9 Å². The predicted molar refractivity (Wildman–Crippen MR) is 107 cm³/mol. The lowest BCUT2D eigenvalue weighted by molar-refractivity contribution is -0.115. The molecule has 3 rings (SSSR count). The molecule has 1 aromatic heterocycles. The van der Waals surface area contributed by atoms with E-state index < -0.39 is 5.97 Å². The lowest BCUT2D eigenvalue weighted by atomic mass is 10.0. The van der Waals surface area contributed by atoms with Gasteiger partial charge in [0.2, 0.25) is 5.91 Å². The molecule has 1 aliphatic rings. The molecule has 1 aromatic carbocycles. The fraction of sp³-hybridized carbons (Fsp3) is 0.400. The molecule has 0 aliphatic carbocycles. The number of nitrogens with one attached hydrogen (secondary N) is 1. The maximum absolute atomic E-state index is 12.7. The zero-order valence-electron chi connectivity index (χ0n) is 16.0. The van der Waals surface area contributed by atoms with Crippen LogP contribution < -0.4 is 15.0 Å². The van der Waals surface area contributed by atoms with Gasteiger partial charge in [-0.05, 0) is 43.9 Å². The summed E-state index contributed by atoms with van der Waals surface area (Å²) in [5, 5.41) is 3.44. The summed E-state index contributed by atoms with van der Waals surface area (Å²) in [6.45, 7) is 4.77. The number of para-hydroxylation sites is 1. The molecular weight excluding hydrogens is 364 g/mol. The number of carbonyl (C=O) groups excluding carboxylic acids is 2. The summed E-state index contributed by atoms with van der Waals surface area (Å²) in [4.78, 5) is 27.8. The molecule has 0 fully saturated rings. The van der Waals surface area contributed by atoms with Crippen LogP contribution in [0.15, 0.2) is 18.2 Å². The maximum Gasteiger partial charge on any atom is 0.341 e. The SMILES string of the molecule is COC(=O)c1c(NC(=O)CN2CCCc3cccc(OC)c32)sc(C)c1C. The molecule has 1 aliphatic heterocycles. The van der Waals surface area contributed by atoms with Crippen LogP contribution >= 0.6 is 11.3 Å². The van der Waals surface area contributed by atoms with E-state index in [4.69, 9.17) is 9.47 Å². The van der Waals surface area contributed by atoms with Gasteiger partial charge in [0.05, 0.1) is 32.0 Å². The molecule has 144 valence electrons. The number of rotatable bonds is 5. The van der Waals surface area contributed by atoms with Crippen LogP contribution in [0.5, 0.6) is 5.75 Å². The summed E-state index contributed by atoms with van der Waals surface area (Å²) >= 11 is 1.39. The third kappa shape index (κ3) is 3.78. The first-order chi connectivity index (χ1) is 13.0. The molecule has 7 heteroatoms. The Labute approximate surface area is 163 Å². The van der Waals surface area contributed by atoms with E-state index in [0.717, 1.165) is 41.3 Å². The van der Waals surface area contributed by atoms with Crippen LogP contribution in [-0.4, -0.2) is 39.2 Å². The number of hydrogen-bond acceptors (Lipinski definition) is 6. The number of aryl methyl sites for hydroxylation is 2. The number of fused-ring (bicyclic) bond motifs is 1. The number of ether oxygens (including phenoxy) is 2. The fourth-order valence-electron chi connectivity index (χ4n) is 3.43.